The molecule has 1 aromatic carbocycles. The Bertz CT molecular complexity index is 500. The van der Waals surface area contributed by atoms with Gasteiger partial charge in [0.05, 0.1) is 17.5 Å². The number of nitrogens with one attached hydrogen (secondary N) is 1. The van der Waals surface area contributed by atoms with E-state index in [0.717, 1.165) is 11.4 Å². The van der Waals surface area contributed by atoms with Crippen molar-refractivity contribution in [1.29, 1.82) is 0 Å². The van der Waals surface area contributed by atoms with Gasteiger partial charge in [0.25, 0.3) is 0 Å². The smallest absolute Gasteiger partial charge is 0.169 e. The molecule has 1 aliphatic carbocycles. The van der Waals surface area contributed by atoms with Crippen LogP contribution in [0.15, 0.2) is 41.8 Å². The van der Waals surface area contributed by atoms with Gasteiger partial charge in [0.1, 0.15) is 5.76 Å². The van der Waals surface area contributed by atoms with Crippen molar-refractivity contribution in [3.05, 3.63) is 47.9 Å². The lowest BCUT2D eigenvalue weighted by Gasteiger charge is -2.24. The first-order valence-corrected chi connectivity index (χ1v) is 4.74. The molecule has 0 saturated heterocycles. The van der Waals surface area contributed by atoms with Crippen molar-refractivity contribution >= 4 is 11.5 Å². The lowest BCUT2D eigenvalue weighted by atomic mass is 10.1. The van der Waals surface area contributed by atoms with Crippen LogP contribution in [0.5, 0.6) is 5.75 Å². The highest BCUT2D eigenvalue weighted by atomic mass is 16.5. The fourth-order valence-corrected chi connectivity index (χ4v) is 1.64. The van der Waals surface area contributed by atoms with Crippen LogP contribution in [0.4, 0.5) is 5.69 Å². The molecule has 0 amide bonds. The maximum atomic E-state index is 11.2. The van der Waals surface area contributed by atoms with Crippen LogP contribution < -0.4 is 10.1 Å². The van der Waals surface area contributed by atoms with E-state index < -0.39 is 0 Å². The zero-order chi connectivity index (χ0) is 10.3. The molecule has 0 saturated carbocycles. The molecule has 15 heavy (non-hydrogen) atoms. The zero-order valence-corrected chi connectivity index (χ0v) is 7.91. The topological polar surface area (TPSA) is 38.3 Å². The van der Waals surface area contributed by atoms with E-state index in [1.54, 1.807) is 6.08 Å². The number of anilines is 1. The normalized spacial score (nSPS) is 17.7. The predicted molar refractivity (Wildman–Crippen MR) is 55.2 cm³/mol. The summed E-state index contributed by atoms with van der Waals surface area (Å²) in [7, 11) is 0. The van der Waals surface area contributed by atoms with Crippen LogP contribution in [0.2, 0.25) is 0 Å². The summed E-state index contributed by atoms with van der Waals surface area (Å²) in [6.45, 7) is 0. The van der Waals surface area contributed by atoms with Gasteiger partial charge >= 0.3 is 0 Å². The van der Waals surface area contributed by atoms with Crippen LogP contribution >= 0.6 is 0 Å². The molecule has 3 heteroatoms. The molecule has 1 N–H and O–H groups in total. The molecule has 0 aromatic heterocycles. The second-order valence-electron chi connectivity index (χ2n) is 3.42. The van der Waals surface area contributed by atoms with Gasteiger partial charge in [-0.3, -0.25) is 4.79 Å². The Morgan fingerprint density at radius 3 is 3.13 bits per heavy atom. The van der Waals surface area contributed by atoms with E-state index in [2.05, 4.69) is 11.4 Å². The first kappa shape index (κ1) is 8.29. The predicted octanol–water partition coefficient (Wildman–Crippen LogP) is 2.03. The van der Waals surface area contributed by atoms with Gasteiger partial charge in [-0.2, -0.15) is 0 Å². The summed E-state index contributed by atoms with van der Waals surface area (Å²) >= 11 is 0. The number of ketones is 1. The molecule has 3 rings (SSSR count). The lowest BCUT2D eigenvalue weighted by Crippen LogP contribution is -2.19. The monoisotopic (exact) mass is 198 g/mol. The fraction of sp³-hybridized carbons (Fsp3) is 0.0833. The number of carbonyl (C=O) groups is 1. The number of fused-ring (bicyclic) bond motifs is 2. The highest BCUT2D eigenvalue weighted by Gasteiger charge is 2.22. The lowest BCUT2D eigenvalue weighted by molar-refractivity contribution is -0.114. The number of hydrogen-bond acceptors (Lipinski definition) is 3. The number of carbonyl (C=O) groups excluding carboxylic acids is 1. The van der Waals surface area contributed by atoms with Crippen LogP contribution in [0.25, 0.3) is 0 Å². The van der Waals surface area contributed by atoms with E-state index >= 15 is 0 Å². The minimum atomic E-state index is -0.0239. The molecule has 1 aliphatic heterocycles. The highest BCUT2D eigenvalue weighted by molar-refractivity contribution is 5.91. The Hall–Kier alpha value is -2.03. The summed E-state index contributed by atoms with van der Waals surface area (Å²) in [4.78, 5) is 11.2. The second kappa shape index (κ2) is 2.98. The molecule has 1 aromatic rings. The summed E-state index contributed by atoms with van der Waals surface area (Å²) < 4.78 is 5.63. The zero-order valence-electron chi connectivity index (χ0n) is 7.91. The van der Waals surface area contributed by atoms with Crippen molar-refractivity contribution in [1.82, 2.24) is 0 Å². The standard InChI is InChI=1S/C12H8NO2/c14-8-5-6-12-10(7-8)13-9-3-1-2-4-11(9)15-12/h1-4,6,13H,5H2. The van der Waals surface area contributed by atoms with Crippen LogP contribution in [0.3, 0.4) is 0 Å². The third-order valence-corrected chi connectivity index (χ3v) is 2.35. The van der Waals surface area contributed by atoms with E-state index in [0.29, 0.717) is 17.9 Å². The van der Waals surface area contributed by atoms with Gasteiger partial charge < -0.3 is 10.1 Å². The van der Waals surface area contributed by atoms with Gasteiger partial charge in [0, 0.05) is 6.42 Å². The summed E-state index contributed by atoms with van der Waals surface area (Å²) in [5.41, 5.74) is 1.50. The van der Waals surface area contributed by atoms with Crippen molar-refractivity contribution in [3.63, 3.8) is 0 Å². The molecule has 1 heterocycles. The van der Waals surface area contributed by atoms with E-state index in [1.807, 2.05) is 24.3 Å². The highest BCUT2D eigenvalue weighted by Crippen LogP contribution is 2.35. The van der Waals surface area contributed by atoms with Crippen LogP contribution in [0, 0.1) is 6.08 Å². The van der Waals surface area contributed by atoms with Gasteiger partial charge in [0.2, 0.25) is 0 Å². The van der Waals surface area contributed by atoms with Crippen molar-refractivity contribution in [2.24, 2.45) is 0 Å². The largest absolute Gasteiger partial charge is 0.453 e. The van der Waals surface area contributed by atoms with Crippen molar-refractivity contribution < 1.29 is 9.53 Å². The number of rotatable bonds is 0. The summed E-state index contributed by atoms with van der Waals surface area (Å²) in [6, 6.07) is 7.61. The molecule has 73 valence electrons. The Labute approximate surface area is 87.1 Å². The number of benzene rings is 1. The molecule has 2 aliphatic rings. The number of allylic oxidation sites excluding steroid dienone is 2. The molecule has 1 radical (unpaired) electrons. The minimum Gasteiger partial charge on any atom is -0.453 e. The van der Waals surface area contributed by atoms with Crippen molar-refractivity contribution in [2.45, 2.75) is 6.42 Å². The third kappa shape index (κ3) is 1.32. The summed E-state index contributed by atoms with van der Waals surface area (Å²) in [5, 5.41) is 3.12. The molecule has 0 atom stereocenters. The first-order chi connectivity index (χ1) is 7.33. The van der Waals surface area contributed by atoms with Crippen molar-refractivity contribution in [3.8, 4) is 5.75 Å². The van der Waals surface area contributed by atoms with E-state index in [9.17, 15) is 4.79 Å². The van der Waals surface area contributed by atoms with Crippen LogP contribution in [0.1, 0.15) is 6.42 Å². The molecular weight excluding hydrogens is 190 g/mol. The Balaban J connectivity index is 2.07. The van der Waals surface area contributed by atoms with Gasteiger partial charge in [-0.15, -0.1) is 0 Å². The minimum absolute atomic E-state index is 0.0239. The van der Waals surface area contributed by atoms with Gasteiger partial charge in [-0.05, 0) is 18.2 Å². The quantitative estimate of drug-likeness (QED) is 0.693. The van der Waals surface area contributed by atoms with Gasteiger partial charge in [-0.1, -0.05) is 12.1 Å². The average Bonchev–Trinajstić information content (AvgIpc) is 2.26. The summed E-state index contributed by atoms with van der Waals surface area (Å²) in [5.74, 6) is 1.45. The fourth-order valence-electron chi connectivity index (χ4n) is 1.64. The van der Waals surface area contributed by atoms with Gasteiger partial charge in [-0.25, -0.2) is 0 Å². The number of para-hydroxylation sites is 2. The summed E-state index contributed by atoms with van der Waals surface area (Å²) in [6.07, 6.45) is 4.87. The van der Waals surface area contributed by atoms with Crippen LogP contribution in [-0.2, 0) is 4.79 Å². The molecule has 0 fully saturated rings. The SMILES string of the molecule is O=C1[C]=C2Nc3ccccc3OC2=CC1. The number of Topliss-reactive ketones (excluding diaryl/α,β-unsaturated/α-hetero) is 1. The average molecular weight is 198 g/mol. The molecular formula is C12H8NO2. The Morgan fingerprint density at radius 2 is 2.20 bits per heavy atom. The number of ether oxygens (including phenoxy) is 1. The van der Waals surface area contributed by atoms with E-state index in [-0.39, 0.29) is 5.78 Å². The third-order valence-electron chi connectivity index (χ3n) is 2.35. The van der Waals surface area contributed by atoms with E-state index in [1.165, 1.54) is 0 Å². The molecule has 0 spiro atoms. The van der Waals surface area contributed by atoms with Crippen LogP contribution in [-0.4, -0.2) is 5.78 Å². The molecule has 3 nitrogen and oxygen atoms in total. The Kier molecular flexibility index (Phi) is 1.65. The maximum absolute atomic E-state index is 11.2. The van der Waals surface area contributed by atoms with Gasteiger partial charge in [0.15, 0.2) is 11.5 Å². The maximum Gasteiger partial charge on any atom is 0.169 e. The Morgan fingerprint density at radius 1 is 1.33 bits per heavy atom. The van der Waals surface area contributed by atoms with Crippen molar-refractivity contribution in [2.75, 3.05) is 5.32 Å². The number of hydrogen-bond donors (Lipinski definition) is 1. The second-order valence-corrected chi connectivity index (χ2v) is 3.42. The van der Waals surface area contributed by atoms with E-state index in [4.69, 9.17) is 4.74 Å². The molecule has 0 unspecified atom stereocenters. The molecule has 0 bridgehead atoms. The first-order valence-electron chi connectivity index (χ1n) is 4.74.